The lowest BCUT2D eigenvalue weighted by Crippen LogP contribution is -2.32. The molecule has 0 aliphatic carbocycles. The fourth-order valence-corrected chi connectivity index (χ4v) is 3.59. The molecule has 8 heteroatoms. The van der Waals surface area contributed by atoms with E-state index in [1.54, 1.807) is 38.4 Å². The average Bonchev–Trinajstić information content (AvgIpc) is 3.12. The lowest BCUT2D eigenvalue weighted by Gasteiger charge is -2.25. The molecule has 1 fully saturated rings. The van der Waals surface area contributed by atoms with Crippen molar-refractivity contribution in [3.05, 3.63) is 52.6 Å². The van der Waals surface area contributed by atoms with Crippen molar-refractivity contribution in [1.82, 2.24) is 25.0 Å². The second-order valence-electron chi connectivity index (χ2n) is 7.24. The van der Waals surface area contributed by atoms with E-state index in [2.05, 4.69) is 15.2 Å². The molecule has 0 spiro atoms. The first kappa shape index (κ1) is 19.8. The lowest BCUT2D eigenvalue weighted by atomic mass is 9.95. The van der Waals surface area contributed by atoms with E-state index in [1.165, 1.54) is 4.90 Å². The lowest BCUT2D eigenvalue weighted by molar-refractivity contribution is -0.139. The van der Waals surface area contributed by atoms with Crippen LogP contribution in [0.25, 0.3) is 5.76 Å². The van der Waals surface area contributed by atoms with Gasteiger partial charge in [-0.3, -0.25) is 19.7 Å². The predicted molar refractivity (Wildman–Crippen MR) is 104 cm³/mol. The van der Waals surface area contributed by atoms with Gasteiger partial charge in [-0.25, -0.2) is 0 Å². The van der Waals surface area contributed by atoms with Crippen molar-refractivity contribution in [1.29, 1.82) is 0 Å². The van der Waals surface area contributed by atoms with E-state index in [1.807, 2.05) is 19.0 Å². The molecule has 0 bridgehead atoms. The first-order chi connectivity index (χ1) is 13.3. The number of nitrogens with zero attached hydrogens (tertiary/aromatic N) is 4. The highest BCUT2D eigenvalue weighted by molar-refractivity contribution is 6.46. The van der Waals surface area contributed by atoms with Crippen LogP contribution in [0.5, 0.6) is 0 Å². The first-order valence-electron chi connectivity index (χ1n) is 9.18. The molecule has 3 rings (SSSR count). The second-order valence-corrected chi connectivity index (χ2v) is 7.24. The van der Waals surface area contributed by atoms with E-state index in [4.69, 9.17) is 0 Å². The van der Waals surface area contributed by atoms with Crippen molar-refractivity contribution in [2.24, 2.45) is 0 Å². The van der Waals surface area contributed by atoms with Crippen LogP contribution in [0, 0.1) is 13.8 Å². The summed E-state index contributed by atoms with van der Waals surface area (Å²) in [6, 6.07) is 2.87. The third-order valence-electron chi connectivity index (χ3n) is 4.93. The summed E-state index contributed by atoms with van der Waals surface area (Å²) >= 11 is 0. The number of aliphatic hydroxyl groups excluding tert-OH is 1. The van der Waals surface area contributed by atoms with Crippen LogP contribution in [0.1, 0.15) is 35.0 Å². The Morgan fingerprint density at radius 2 is 1.93 bits per heavy atom. The van der Waals surface area contributed by atoms with E-state index in [-0.39, 0.29) is 11.3 Å². The number of pyridine rings is 1. The van der Waals surface area contributed by atoms with Gasteiger partial charge in [0.15, 0.2) is 0 Å². The van der Waals surface area contributed by atoms with Crippen LogP contribution >= 0.6 is 0 Å². The Balaban J connectivity index is 2.10. The molecule has 3 heterocycles. The van der Waals surface area contributed by atoms with E-state index in [0.717, 1.165) is 12.1 Å². The van der Waals surface area contributed by atoms with Gasteiger partial charge in [-0.15, -0.1) is 0 Å². The van der Waals surface area contributed by atoms with E-state index < -0.39 is 17.7 Å². The number of ketones is 1. The Labute approximate surface area is 163 Å². The Bertz CT molecular complexity index is 898. The zero-order valence-electron chi connectivity index (χ0n) is 16.6. The van der Waals surface area contributed by atoms with Crippen LogP contribution in [-0.2, 0) is 9.59 Å². The number of carbonyl (C=O) groups excluding carboxylic acids is 2. The summed E-state index contributed by atoms with van der Waals surface area (Å²) in [5.41, 5.74) is 2.50. The van der Waals surface area contributed by atoms with Gasteiger partial charge in [0.05, 0.1) is 22.9 Å². The molecule has 1 saturated heterocycles. The summed E-state index contributed by atoms with van der Waals surface area (Å²) in [4.78, 5) is 33.3. The molecule has 2 aromatic heterocycles. The molecule has 2 N–H and O–H groups in total. The molecular weight excluding hydrogens is 358 g/mol. The Kier molecular flexibility index (Phi) is 5.60. The van der Waals surface area contributed by atoms with Gasteiger partial charge in [-0.1, -0.05) is 0 Å². The van der Waals surface area contributed by atoms with Gasteiger partial charge in [-0.05, 0) is 58.6 Å². The number of likely N-dealkylation sites (tertiary alicyclic amines) is 1. The molecule has 1 aliphatic rings. The van der Waals surface area contributed by atoms with Crippen LogP contribution in [0.3, 0.4) is 0 Å². The number of nitrogens with one attached hydrogen (secondary N) is 1. The number of aromatic nitrogens is 3. The summed E-state index contributed by atoms with van der Waals surface area (Å²) in [7, 11) is 3.91. The molecule has 8 nitrogen and oxygen atoms in total. The van der Waals surface area contributed by atoms with Crippen LogP contribution in [0.15, 0.2) is 30.1 Å². The average molecular weight is 383 g/mol. The van der Waals surface area contributed by atoms with Gasteiger partial charge in [0.1, 0.15) is 5.76 Å². The SMILES string of the molecule is Cc1n[nH]c(C)c1C(O)=C1C(=O)C(=O)N(CCCN(C)C)[C@H]1c1ccncc1. The standard InChI is InChI=1S/C20H25N5O3/c1-12-15(13(2)23-22-12)18(26)16-17(14-6-8-21-9-7-14)25(20(28)19(16)27)11-5-10-24(3)4/h6-9,17,26H,5,10-11H2,1-4H3,(H,22,23)/t17-/m0/s1. The topological polar surface area (TPSA) is 102 Å². The molecule has 2 aromatic rings. The maximum absolute atomic E-state index is 12.9. The molecule has 1 aliphatic heterocycles. The molecule has 1 atom stereocenters. The van der Waals surface area contributed by atoms with Crippen LogP contribution in [0.4, 0.5) is 0 Å². The van der Waals surface area contributed by atoms with Gasteiger partial charge in [0.25, 0.3) is 11.7 Å². The van der Waals surface area contributed by atoms with Crippen molar-refractivity contribution in [3.63, 3.8) is 0 Å². The highest BCUT2D eigenvalue weighted by Crippen LogP contribution is 2.39. The van der Waals surface area contributed by atoms with E-state index in [9.17, 15) is 14.7 Å². The number of hydrogen-bond acceptors (Lipinski definition) is 6. The summed E-state index contributed by atoms with van der Waals surface area (Å²) in [6.07, 6.45) is 3.94. The molecule has 28 heavy (non-hydrogen) atoms. The van der Waals surface area contributed by atoms with Gasteiger partial charge in [-0.2, -0.15) is 5.10 Å². The largest absolute Gasteiger partial charge is 0.507 e. The smallest absolute Gasteiger partial charge is 0.295 e. The van der Waals surface area contributed by atoms with E-state index >= 15 is 0 Å². The van der Waals surface area contributed by atoms with Crippen molar-refractivity contribution >= 4 is 17.4 Å². The maximum Gasteiger partial charge on any atom is 0.295 e. The Hall–Kier alpha value is -3.00. The zero-order valence-corrected chi connectivity index (χ0v) is 16.6. The molecule has 0 radical (unpaired) electrons. The number of rotatable bonds is 6. The van der Waals surface area contributed by atoms with Crippen molar-refractivity contribution in [3.8, 4) is 0 Å². The number of H-pyrrole nitrogens is 1. The van der Waals surface area contributed by atoms with Gasteiger partial charge >= 0.3 is 0 Å². The number of aliphatic hydroxyl groups is 1. The minimum atomic E-state index is -0.677. The summed E-state index contributed by atoms with van der Waals surface area (Å²) in [5.74, 6) is -1.47. The number of hydrogen-bond donors (Lipinski definition) is 2. The third-order valence-corrected chi connectivity index (χ3v) is 4.93. The van der Waals surface area contributed by atoms with Gasteiger partial charge in [0.2, 0.25) is 0 Å². The number of amides is 1. The highest BCUT2D eigenvalue weighted by Gasteiger charge is 2.46. The van der Waals surface area contributed by atoms with E-state index in [0.29, 0.717) is 29.9 Å². The van der Waals surface area contributed by atoms with Gasteiger partial charge in [0, 0.05) is 24.6 Å². The number of carbonyl (C=O) groups is 2. The molecule has 0 saturated carbocycles. The fourth-order valence-electron chi connectivity index (χ4n) is 3.59. The molecule has 1 amide bonds. The van der Waals surface area contributed by atoms with Crippen LogP contribution < -0.4 is 0 Å². The Morgan fingerprint density at radius 3 is 2.50 bits per heavy atom. The maximum atomic E-state index is 12.9. The summed E-state index contributed by atoms with van der Waals surface area (Å²) in [5, 5.41) is 17.9. The zero-order chi connectivity index (χ0) is 20.4. The van der Waals surface area contributed by atoms with Crippen LogP contribution in [0.2, 0.25) is 0 Å². The predicted octanol–water partition coefficient (Wildman–Crippen LogP) is 1.79. The molecule has 0 unspecified atom stereocenters. The first-order valence-corrected chi connectivity index (χ1v) is 9.18. The molecule has 148 valence electrons. The summed E-state index contributed by atoms with van der Waals surface area (Å²) < 4.78 is 0. The molecular formula is C20H25N5O3. The molecule has 0 aromatic carbocycles. The Morgan fingerprint density at radius 1 is 1.25 bits per heavy atom. The fraction of sp³-hybridized carbons (Fsp3) is 0.400. The minimum Gasteiger partial charge on any atom is -0.507 e. The minimum absolute atomic E-state index is 0.0913. The monoisotopic (exact) mass is 383 g/mol. The number of aryl methyl sites for hydroxylation is 2. The normalized spacial score (nSPS) is 19.0. The summed E-state index contributed by atoms with van der Waals surface area (Å²) in [6.45, 7) is 4.71. The quantitative estimate of drug-likeness (QED) is 0.448. The second kappa shape index (κ2) is 7.93. The number of aromatic amines is 1. The van der Waals surface area contributed by atoms with Crippen LogP contribution in [-0.4, -0.2) is 69.0 Å². The number of Topliss-reactive ketones (excluding diaryl/α,β-unsaturated/α-hetero) is 1. The van der Waals surface area contributed by atoms with Gasteiger partial charge < -0.3 is 14.9 Å². The van der Waals surface area contributed by atoms with Crippen molar-refractivity contribution in [2.45, 2.75) is 26.3 Å². The highest BCUT2D eigenvalue weighted by atomic mass is 16.3. The van der Waals surface area contributed by atoms with Crippen molar-refractivity contribution in [2.75, 3.05) is 27.2 Å². The van der Waals surface area contributed by atoms with Crippen molar-refractivity contribution < 1.29 is 14.7 Å². The third kappa shape index (κ3) is 3.55.